The zero-order chi connectivity index (χ0) is 21.4. The largest absolute Gasteiger partial charge is 0.388 e. The van der Waals surface area contributed by atoms with Crippen LogP contribution in [0, 0.1) is 0 Å². The van der Waals surface area contributed by atoms with Crippen molar-refractivity contribution in [1.29, 1.82) is 0 Å². The van der Waals surface area contributed by atoms with E-state index in [-0.39, 0.29) is 5.91 Å². The summed E-state index contributed by atoms with van der Waals surface area (Å²) in [4.78, 5) is 19.9. The van der Waals surface area contributed by atoms with Crippen molar-refractivity contribution < 1.29 is 9.90 Å². The van der Waals surface area contributed by atoms with Gasteiger partial charge < -0.3 is 15.3 Å². The summed E-state index contributed by atoms with van der Waals surface area (Å²) in [5.41, 5.74) is 1.41. The maximum atomic E-state index is 13.1. The zero-order valence-electron chi connectivity index (χ0n) is 17.1. The molecule has 2 aromatic carbocycles. The highest BCUT2D eigenvalue weighted by atomic mass is 32.1. The van der Waals surface area contributed by atoms with Gasteiger partial charge in [-0.1, -0.05) is 53.8 Å². The van der Waals surface area contributed by atoms with Crippen LogP contribution in [0.5, 0.6) is 0 Å². The van der Waals surface area contributed by atoms with Gasteiger partial charge in [-0.25, -0.2) is 4.98 Å². The number of hydrogen-bond donors (Lipinski definition) is 2. The topological polar surface area (TPSA) is 83.3 Å². The molecule has 0 unspecified atom stereocenters. The zero-order valence-corrected chi connectivity index (χ0v) is 17.9. The number of piperidine rings is 1. The monoisotopic (exact) mass is 433 g/mol. The molecule has 3 heterocycles. The molecular weight excluding hydrogens is 410 g/mol. The summed E-state index contributed by atoms with van der Waals surface area (Å²) in [6.07, 6.45) is 1.33. The number of carbonyl (C=O) groups is 1. The van der Waals surface area contributed by atoms with E-state index in [1.165, 1.54) is 4.68 Å². The number of β-amino-alcohol motifs (C(OH)–C–C–N with tert-alkyl or cyclic N) is 1. The second-order valence-corrected chi connectivity index (χ2v) is 8.82. The van der Waals surface area contributed by atoms with Crippen molar-refractivity contribution in [2.24, 2.45) is 7.05 Å². The van der Waals surface area contributed by atoms with E-state index in [9.17, 15) is 9.90 Å². The lowest BCUT2D eigenvalue weighted by molar-refractivity contribution is 0.0362. The Bertz CT molecular complexity index is 1190. The van der Waals surface area contributed by atoms with E-state index in [1.807, 2.05) is 48.5 Å². The maximum absolute atomic E-state index is 13.1. The third kappa shape index (κ3) is 3.47. The number of carbonyl (C=O) groups excluding carboxylic acids is 1. The van der Waals surface area contributed by atoms with Gasteiger partial charge in [-0.05, 0) is 30.2 Å². The van der Waals surface area contributed by atoms with Crippen LogP contribution in [0.25, 0.3) is 10.2 Å². The molecule has 0 radical (unpaired) electrons. The van der Waals surface area contributed by atoms with Crippen LogP contribution in [0.3, 0.4) is 0 Å². The number of nitrogens with one attached hydrogen (secondary N) is 1. The number of fused-ring (bicyclic) bond motifs is 1. The second kappa shape index (κ2) is 7.79. The van der Waals surface area contributed by atoms with E-state index in [0.29, 0.717) is 25.2 Å². The van der Waals surface area contributed by atoms with E-state index >= 15 is 0 Å². The first-order chi connectivity index (χ1) is 15.1. The third-order valence-corrected chi connectivity index (χ3v) is 7.07. The number of benzene rings is 2. The lowest BCUT2D eigenvalue weighted by atomic mass is 9.78. The van der Waals surface area contributed by atoms with Crippen molar-refractivity contribution in [3.8, 4) is 0 Å². The summed E-state index contributed by atoms with van der Waals surface area (Å²) in [5, 5.41) is 19.5. The fourth-order valence-electron chi connectivity index (χ4n) is 4.26. The van der Waals surface area contributed by atoms with E-state index in [4.69, 9.17) is 4.98 Å². The Kier molecular flexibility index (Phi) is 4.95. The number of amides is 1. The van der Waals surface area contributed by atoms with Crippen molar-refractivity contribution in [3.05, 3.63) is 78.1 Å². The van der Waals surface area contributed by atoms with Crippen molar-refractivity contribution in [3.63, 3.8) is 0 Å². The van der Waals surface area contributed by atoms with Crippen LogP contribution in [0.1, 0.15) is 22.5 Å². The Hall–Kier alpha value is -3.23. The normalized spacial score (nSPS) is 21.4. The first-order valence-corrected chi connectivity index (χ1v) is 11.0. The molecule has 8 heteroatoms. The molecule has 2 atom stereocenters. The quantitative estimate of drug-likeness (QED) is 0.517. The Morgan fingerprint density at radius 2 is 1.94 bits per heavy atom. The summed E-state index contributed by atoms with van der Waals surface area (Å²) in [5.74, 6) is -0.253. The highest BCUT2D eigenvalue weighted by Crippen LogP contribution is 2.37. The molecule has 158 valence electrons. The number of para-hydroxylation sites is 1. The maximum Gasteiger partial charge on any atom is 0.270 e. The van der Waals surface area contributed by atoms with E-state index < -0.39 is 11.6 Å². The molecule has 0 spiro atoms. The number of aromatic nitrogens is 3. The van der Waals surface area contributed by atoms with Crippen molar-refractivity contribution in [2.45, 2.75) is 18.1 Å². The van der Waals surface area contributed by atoms with E-state index in [2.05, 4.69) is 21.4 Å². The van der Waals surface area contributed by atoms with Crippen molar-refractivity contribution >= 4 is 32.6 Å². The Morgan fingerprint density at radius 3 is 2.65 bits per heavy atom. The number of aryl methyl sites for hydroxylation is 1. The van der Waals surface area contributed by atoms with Crippen LogP contribution in [0.4, 0.5) is 5.13 Å². The molecular formula is C23H23N5O2S. The molecule has 0 bridgehead atoms. The van der Waals surface area contributed by atoms with Gasteiger partial charge in [-0.3, -0.25) is 9.48 Å². The van der Waals surface area contributed by atoms with Gasteiger partial charge in [0.25, 0.3) is 5.91 Å². The number of aliphatic hydroxyl groups excluding tert-OH is 1. The van der Waals surface area contributed by atoms with Gasteiger partial charge in [0.2, 0.25) is 0 Å². The van der Waals surface area contributed by atoms with Crippen LogP contribution >= 0.6 is 11.3 Å². The fourth-order valence-corrected chi connectivity index (χ4v) is 5.26. The van der Waals surface area contributed by atoms with Crippen LogP contribution in [-0.2, 0) is 12.6 Å². The summed E-state index contributed by atoms with van der Waals surface area (Å²) in [6, 6.07) is 19.4. The predicted octanol–water partition coefficient (Wildman–Crippen LogP) is 2.93. The molecule has 1 saturated heterocycles. The molecule has 2 N–H and O–H groups in total. The SMILES string of the molecule is Cn1nccc1C(=O)N[C@@]1(c2ccccc2)CCN(c2nc3ccccc3s2)C[C@H]1O. The van der Waals surface area contributed by atoms with Gasteiger partial charge in [0.05, 0.1) is 21.9 Å². The summed E-state index contributed by atoms with van der Waals surface area (Å²) in [7, 11) is 1.73. The first-order valence-electron chi connectivity index (χ1n) is 10.2. The van der Waals surface area contributed by atoms with E-state index in [1.54, 1.807) is 30.6 Å². The molecule has 4 aromatic rings. The minimum atomic E-state index is -0.893. The molecule has 31 heavy (non-hydrogen) atoms. The molecule has 1 aliphatic rings. The minimum Gasteiger partial charge on any atom is -0.388 e. The summed E-state index contributed by atoms with van der Waals surface area (Å²) < 4.78 is 2.66. The van der Waals surface area contributed by atoms with Gasteiger partial charge in [0.1, 0.15) is 5.69 Å². The number of anilines is 1. The van der Waals surface area contributed by atoms with Crippen LogP contribution in [0.2, 0.25) is 0 Å². The van der Waals surface area contributed by atoms with Gasteiger partial charge in [-0.15, -0.1) is 0 Å². The average Bonchev–Trinajstić information content (AvgIpc) is 3.42. The standard InChI is InChI=1S/C23H23N5O2S/c1-27-18(11-13-24-27)21(30)26-23(16-7-3-2-4-8-16)12-14-28(15-20(23)29)22-25-17-9-5-6-10-19(17)31-22/h2-11,13,20,29H,12,14-15H2,1H3,(H,26,30)/t20-,23-/m1/s1. The van der Waals surface area contributed by atoms with E-state index in [0.717, 1.165) is 20.9 Å². The lowest BCUT2D eigenvalue weighted by Crippen LogP contribution is -2.62. The predicted molar refractivity (Wildman–Crippen MR) is 121 cm³/mol. The molecule has 2 aromatic heterocycles. The minimum absolute atomic E-state index is 0.253. The number of hydrogen-bond acceptors (Lipinski definition) is 6. The molecule has 1 fully saturated rings. The van der Waals surface area contributed by atoms with Crippen LogP contribution in [-0.4, -0.2) is 45.0 Å². The Labute approximate surface area is 184 Å². The smallest absolute Gasteiger partial charge is 0.270 e. The molecule has 7 nitrogen and oxygen atoms in total. The molecule has 0 aliphatic carbocycles. The average molecular weight is 434 g/mol. The highest BCUT2D eigenvalue weighted by molar-refractivity contribution is 7.22. The molecule has 5 rings (SSSR count). The molecule has 1 aliphatic heterocycles. The number of nitrogens with zero attached hydrogens (tertiary/aromatic N) is 4. The third-order valence-electron chi connectivity index (χ3n) is 5.97. The van der Waals surface area contributed by atoms with Gasteiger partial charge in [0.15, 0.2) is 5.13 Å². The number of thiazole rings is 1. The highest BCUT2D eigenvalue weighted by Gasteiger charge is 2.45. The Balaban J connectivity index is 1.46. The fraction of sp³-hybridized carbons (Fsp3) is 0.261. The lowest BCUT2D eigenvalue weighted by Gasteiger charge is -2.46. The summed E-state index contributed by atoms with van der Waals surface area (Å²) in [6.45, 7) is 1.04. The van der Waals surface area contributed by atoms with Gasteiger partial charge in [-0.2, -0.15) is 5.10 Å². The summed E-state index contributed by atoms with van der Waals surface area (Å²) >= 11 is 1.62. The van der Waals surface area contributed by atoms with Crippen LogP contribution < -0.4 is 10.2 Å². The second-order valence-electron chi connectivity index (χ2n) is 7.81. The molecule has 1 amide bonds. The Morgan fingerprint density at radius 1 is 1.16 bits per heavy atom. The first kappa shape index (κ1) is 19.7. The van der Waals surface area contributed by atoms with Crippen molar-refractivity contribution in [2.75, 3.05) is 18.0 Å². The van der Waals surface area contributed by atoms with Gasteiger partial charge >= 0.3 is 0 Å². The van der Waals surface area contributed by atoms with Gasteiger partial charge in [0, 0.05) is 26.3 Å². The van der Waals surface area contributed by atoms with Crippen LogP contribution in [0.15, 0.2) is 66.9 Å². The van der Waals surface area contributed by atoms with Crippen molar-refractivity contribution in [1.82, 2.24) is 20.1 Å². The number of rotatable bonds is 4. The number of aliphatic hydroxyl groups is 1. The molecule has 0 saturated carbocycles.